The van der Waals surface area contributed by atoms with Gasteiger partial charge in [-0.15, -0.1) is 0 Å². The zero-order chi connectivity index (χ0) is 19.1. The third-order valence-corrected chi connectivity index (χ3v) is 4.18. The van der Waals surface area contributed by atoms with E-state index in [2.05, 4.69) is 5.32 Å². The number of aromatic carboxylic acids is 1. The topological polar surface area (TPSA) is 63.1 Å². The van der Waals surface area contributed by atoms with Gasteiger partial charge in [0.05, 0.1) is 5.56 Å². The molecule has 28 heavy (non-hydrogen) atoms. The highest BCUT2D eigenvalue weighted by Crippen LogP contribution is 2.15. The van der Waals surface area contributed by atoms with Crippen molar-refractivity contribution in [2.75, 3.05) is 0 Å². The van der Waals surface area contributed by atoms with Gasteiger partial charge in [0.1, 0.15) is 31.3 Å². The Morgan fingerprint density at radius 2 is 1.54 bits per heavy atom. The first-order chi connectivity index (χ1) is 13.1. The van der Waals surface area contributed by atoms with Crippen molar-refractivity contribution in [1.82, 2.24) is 0 Å². The number of quaternary nitrogens is 1. The number of nitrogens with two attached hydrogens (primary N) is 1. The minimum atomic E-state index is -0.914. The van der Waals surface area contributed by atoms with Crippen LogP contribution in [0.5, 0.6) is 5.75 Å². The van der Waals surface area contributed by atoms with E-state index in [4.69, 9.17) is 9.84 Å². The van der Waals surface area contributed by atoms with Crippen molar-refractivity contribution >= 4 is 5.97 Å². The van der Waals surface area contributed by atoms with Crippen molar-refractivity contribution in [3.63, 3.8) is 0 Å². The van der Waals surface area contributed by atoms with Crippen molar-refractivity contribution in [2.45, 2.75) is 19.7 Å². The van der Waals surface area contributed by atoms with Gasteiger partial charge in [-0.1, -0.05) is 36.4 Å². The molecular weight excluding hydrogens is 381 g/mol. The van der Waals surface area contributed by atoms with E-state index in [-0.39, 0.29) is 18.2 Å². The van der Waals surface area contributed by atoms with Gasteiger partial charge in [-0.3, -0.25) is 0 Å². The molecule has 3 N–H and O–H groups in total. The van der Waals surface area contributed by atoms with E-state index in [0.717, 1.165) is 35.5 Å². The number of carboxylic acid groups (broad SMARTS) is 1. The molecule has 0 saturated heterocycles. The first-order valence-corrected chi connectivity index (χ1v) is 8.70. The lowest BCUT2D eigenvalue weighted by Gasteiger charge is -2.08. The van der Waals surface area contributed by atoms with E-state index >= 15 is 0 Å². The van der Waals surface area contributed by atoms with Crippen LogP contribution in [-0.4, -0.2) is 11.1 Å². The van der Waals surface area contributed by atoms with Crippen LogP contribution < -0.4 is 22.5 Å². The molecule has 3 rings (SSSR count). The molecule has 0 amide bonds. The molecule has 0 aliphatic carbocycles. The van der Waals surface area contributed by atoms with Crippen LogP contribution in [0.1, 0.15) is 27.0 Å². The standard InChI is InChI=1S/C22H20FNO3.ClH/c23-20-10-6-17(7-11-20)15-27-21-3-1-2-18(12-21)14-24-13-16-4-8-19(9-5-16)22(25)26;/h1-12,24H,13-15H2,(H,25,26);1H. The Morgan fingerprint density at radius 1 is 0.893 bits per heavy atom. The Hall–Kier alpha value is -2.89. The van der Waals surface area contributed by atoms with E-state index in [1.165, 1.54) is 12.1 Å². The number of carbonyl (C=O) groups is 1. The normalized spacial score (nSPS) is 10.2. The molecule has 0 aliphatic rings. The summed E-state index contributed by atoms with van der Waals surface area (Å²) in [5, 5.41) is 11.1. The molecule has 146 valence electrons. The molecule has 0 saturated carbocycles. The predicted molar refractivity (Wildman–Crippen MR) is 99.9 cm³/mol. The van der Waals surface area contributed by atoms with Gasteiger partial charge in [-0.25, -0.2) is 9.18 Å². The van der Waals surface area contributed by atoms with Crippen LogP contribution in [0.3, 0.4) is 0 Å². The Kier molecular flexibility index (Phi) is 7.99. The van der Waals surface area contributed by atoms with Crippen molar-refractivity contribution in [1.29, 1.82) is 0 Å². The Balaban J connectivity index is 0.00000280. The molecule has 0 aromatic heterocycles. The fourth-order valence-electron chi connectivity index (χ4n) is 2.70. The number of halogens is 2. The van der Waals surface area contributed by atoms with Crippen molar-refractivity contribution < 1.29 is 36.8 Å². The van der Waals surface area contributed by atoms with Crippen molar-refractivity contribution in [3.8, 4) is 5.75 Å². The van der Waals surface area contributed by atoms with E-state index in [9.17, 15) is 9.18 Å². The summed E-state index contributed by atoms with van der Waals surface area (Å²) in [4.78, 5) is 10.9. The van der Waals surface area contributed by atoms with E-state index < -0.39 is 5.97 Å². The fraction of sp³-hybridized carbons (Fsp3) is 0.136. The molecule has 0 heterocycles. The summed E-state index contributed by atoms with van der Waals surface area (Å²) in [6.45, 7) is 1.94. The summed E-state index contributed by atoms with van der Waals surface area (Å²) < 4.78 is 18.7. The van der Waals surface area contributed by atoms with E-state index in [1.54, 1.807) is 24.3 Å². The molecular formula is C22H21ClFNO3. The average Bonchev–Trinajstić information content (AvgIpc) is 2.68. The lowest BCUT2D eigenvalue weighted by Crippen LogP contribution is -3.00. The number of benzene rings is 3. The van der Waals surface area contributed by atoms with Gasteiger partial charge in [0.25, 0.3) is 0 Å². The first-order valence-electron chi connectivity index (χ1n) is 8.70. The summed E-state index contributed by atoms with van der Waals surface area (Å²) in [5.41, 5.74) is 3.42. The molecule has 6 heteroatoms. The van der Waals surface area contributed by atoms with Crippen LogP contribution in [0, 0.1) is 5.82 Å². The summed E-state index contributed by atoms with van der Waals surface area (Å²) in [7, 11) is 0. The van der Waals surface area contributed by atoms with Crippen LogP contribution in [0.15, 0.2) is 72.8 Å². The highest BCUT2D eigenvalue weighted by atomic mass is 35.5. The second-order valence-electron chi connectivity index (χ2n) is 6.26. The van der Waals surface area contributed by atoms with Gasteiger partial charge in [-0.2, -0.15) is 0 Å². The highest BCUT2D eigenvalue weighted by Gasteiger charge is 2.04. The number of rotatable bonds is 8. The summed E-state index contributed by atoms with van der Waals surface area (Å²) in [6.07, 6.45) is 0. The molecule has 0 spiro atoms. The van der Waals surface area contributed by atoms with Crippen LogP contribution in [0.25, 0.3) is 0 Å². The maximum Gasteiger partial charge on any atom is 0.335 e. The smallest absolute Gasteiger partial charge is 0.335 e. The predicted octanol–water partition coefficient (Wildman–Crippen LogP) is 0.370. The van der Waals surface area contributed by atoms with Gasteiger partial charge >= 0.3 is 5.97 Å². The Bertz CT molecular complexity index is 898. The number of ether oxygens (including phenoxy) is 1. The fourth-order valence-corrected chi connectivity index (χ4v) is 2.70. The van der Waals surface area contributed by atoms with Gasteiger partial charge < -0.3 is 27.6 Å². The monoisotopic (exact) mass is 401 g/mol. The molecule has 0 fully saturated rings. The lowest BCUT2D eigenvalue weighted by atomic mass is 10.1. The minimum Gasteiger partial charge on any atom is -1.00 e. The molecule has 3 aromatic carbocycles. The van der Waals surface area contributed by atoms with Crippen LogP contribution in [-0.2, 0) is 19.7 Å². The van der Waals surface area contributed by atoms with Crippen LogP contribution in [0.4, 0.5) is 4.39 Å². The average molecular weight is 402 g/mol. The summed E-state index contributed by atoms with van der Waals surface area (Å²) in [6, 6.07) is 21.1. The second kappa shape index (κ2) is 10.4. The van der Waals surface area contributed by atoms with E-state index in [1.807, 2.05) is 36.4 Å². The number of hydrogen-bond donors (Lipinski definition) is 2. The van der Waals surface area contributed by atoms with Crippen molar-refractivity contribution in [3.05, 3.63) is 101 Å². The van der Waals surface area contributed by atoms with Gasteiger partial charge in [0.15, 0.2) is 0 Å². The zero-order valence-corrected chi connectivity index (χ0v) is 15.9. The SMILES string of the molecule is O=C(O)c1ccc(C[NH2+]Cc2cccc(OCc3ccc(F)cc3)c2)cc1.[Cl-]. The number of carboxylic acids is 1. The summed E-state index contributed by atoms with van der Waals surface area (Å²) in [5.74, 6) is -0.395. The van der Waals surface area contributed by atoms with Gasteiger partial charge in [-0.05, 0) is 42.0 Å². The molecule has 3 aromatic rings. The maximum absolute atomic E-state index is 12.9. The third kappa shape index (κ3) is 6.37. The first kappa shape index (κ1) is 21.4. The molecule has 0 atom stereocenters. The molecule has 0 unspecified atom stereocenters. The minimum absolute atomic E-state index is 0. The lowest BCUT2D eigenvalue weighted by molar-refractivity contribution is -0.686. The van der Waals surface area contributed by atoms with Gasteiger partial charge in [0.2, 0.25) is 0 Å². The highest BCUT2D eigenvalue weighted by molar-refractivity contribution is 5.87. The molecule has 0 radical (unpaired) electrons. The summed E-state index contributed by atoms with van der Waals surface area (Å²) >= 11 is 0. The quantitative estimate of drug-likeness (QED) is 0.573. The van der Waals surface area contributed by atoms with Gasteiger partial charge in [0, 0.05) is 11.1 Å². The molecule has 4 nitrogen and oxygen atoms in total. The molecule has 0 aliphatic heterocycles. The van der Waals surface area contributed by atoms with Crippen molar-refractivity contribution in [2.24, 2.45) is 0 Å². The van der Waals surface area contributed by atoms with E-state index in [0.29, 0.717) is 12.2 Å². The zero-order valence-electron chi connectivity index (χ0n) is 15.1. The Morgan fingerprint density at radius 3 is 2.21 bits per heavy atom. The maximum atomic E-state index is 12.9. The largest absolute Gasteiger partial charge is 1.00 e. The second-order valence-corrected chi connectivity index (χ2v) is 6.26. The molecule has 0 bridgehead atoms. The third-order valence-electron chi connectivity index (χ3n) is 4.18. The Labute approximate surface area is 169 Å². The van der Waals surface area contributed by atoms with Crippen LogP contribution >= 0.6 is 0 Å². The number of hydrogen-bond acceptors (Lipinski definition) is 2. The van der Waals surface area contributed by atoms with Crippen LogP contribution in [0.2, 0.25) is 0 Å².